The number of rotatable bonds is 8. The number of benzene rings is 1. The van der Waals surface area contributed by atoms with Gasteiger partial charge in [-0.25, -0.2) is 17.5 Å². The molecule has 0 aromatic heterocycles. The maximum atomic E-state index is 12.5. The molecule has 0 bridgehead atoms. The quantitative estimate of drug-likeness (QED) is 0.530. The van der Waals surface area contributed by atoms with Crippen LogP contribution >= 0.6 is 23.2 Å². The van der Waals surface area contributed by atoms with Crippen LogP contribution in [0.3, 0.4) is 0 Å². The van der Waals surface area contributed by atoms with Crippen molar-refractivity contribution in [2.75, 3.05) is 20.1 Å². The van der Waals surface area contributed by atoms with Gasteiger partial charge in [0, 0.05) is 25.7 Å². The lowest BCUT2D eigenvalue weighted by atomic mass is 10.2. The number of hydrogen-bond acceptors (Lipinski definition) is 4. The zero-order valence-corrected chi connectivity index (χ0v) is 14.6. The highest BCUT2D eigenvalue weighted by Crippen LogP contribution is 2.29. The van der Waals surface area contributed by atoms with Crippen LogP contribution in [0.25, 0.3) is 0 Å². The molecule has 128 valence electrons. The van der Waals surface area contributed by atoms with Gasteiger partial charge in [0.2, 0.25) is 10.0 Å². The van der Waals surface area contributed by atoms with Crippen LogP contribution in [0, 0.1) is 0 Å². The Morgan fingerprint density at radius 3 is 2.52 bits per heavy atom. The minimum atomic E-state index is -3.88. The third-order valence-electron chi connectivity index (χ3n) is 3.04. The van der Waals surface area contributed by atoms with E-state index in [4.69, 9.17) is 28.3 Å². The van der Waals surface area contributed by atoms with Gasteiger partial charge in [-0.15, -0.1) is 0 Å². The molecular weight excluding hydrogens is 367 g/mol. The maximum absolute atomic E-state index is 12.5. The predicted octanol–water partition coefficient (Wildman–Crippen LogP) is 2.47. The van der Waals surface area contributed by atoms with Gasteiger partial charge < -0.3 is 10.4 Å². The molecule has 0 aliphatic heterocycles. The number of hydrogen-bond donors (Lipinski definition) is 2. The van der Waals surface area contributed by atoms with Crippen molar-refractivity contribution in [3.63, 3.8) is 0 Å². The number of aldehydes is 1. The van der Waals surface area contributed by atoms with Gasteiger partial charge in [0.1, 0.15) is 4.90 Å². The summed E-state index contributed by atoms with van der Waals surface area (Å²) in [6, 6.07) is 2.35. The van der Waals surface area contributed by atoms with E-state index < -0.39 is 16.1 Å². The van der Waals surface area contributed by atoms with E-state index in [-0.39, 0.29) is 33.6 Å². The zero-order chi connectivity index (χ0) is 17.6. The number of nitrogens with one attached hydrogen (secondary N) is 1. The summed E-state index contributed by atoms with van der Waals surface area (Å²) in [4.78, 5) is 21.0. The Morgan fingerprint density at radius 1 is 1.30 bits per heavy atom. The number of carbonyl (C=O) groups excluding carboxylic acids is 1. The normalized spacial score (nSPS) is 11.5. The maximum Gasteiger partial charge on any atom is 0.404 e. The summed E-state index contributed by atoms with van der Waals surface area (Å²) in [5, 5.41) is 10.6. The van der Waals surface area contributed by atoms with Gasteiger partial charge in [0.25, 0.3) is 0 Å². The Kier molecular flexibility index (Phi) is 7.27. The molecule has 0 saturated heterocycles. The molecule has 0 aliphatic rings. The van der Waals surface area contributed by atoms with Crippen LogP contribution in [-0.4, -0.2) is 50.3 Å². The third kappa shape index (κ3) is 5.35. The highest BCUT2D eigenvalue weighted by atomic mass is 35.5. The number of halogens is 2. The van der Waals surface area contributed by atoms with Gasteiger partial charge >= 0.3 is 6.09 Å². The first-order valence-corrected chi connectivity index (χ1v) is 8.77. The monoisotopic (exact) mass is 382 g/mol. The van der Waals surface area contributed by atoms with Crippen molar-refractivity contribution < 1.29 is 23.1 Å². The molecule has 0 aliphatic carbocycles. The largest absolute Gasteiger partial charge is 0.465 e. The van der Waals surface area contributed by atoms with Crippen LogP contribution in [0.4, 0.5) is 4.79 Å². The van der Waals surface area contributed by atoms with Gasteiger partial charge in [0.15, 0.2) is 6.29 Å². The second-order valence-electron chi connectivity index (χ2n) is 4.69. The van der Waals surface area contributed by atoms with E-state index >= 15 is 0 Å². The molecule has 0 unspecified atom stereocenters. The Balaban J connectivity index is 2.82. The minimum Gasteiger partial charge on any atom is -0.465 e. The van der Waals surface area contributed by atoms with Crippen molar-refractivity contribution in [3.05, 3.63) is 27.7 Å². The van der Waals surface area contributed by atoms with E-state index in [1.54, 1.807) is 0 Å². The van der Waals surface area contributed by atoms with Crippen LogP contribution < -0.4 is 5.32 Å². The molecule has 1 amide bonds. The Hall–Kier alpha value is -1.35. The standard InChI is InChI=1S/C13H16Cl2N2O5S/c1-17(5-3-2-4-16-13(19)20)23(21,22)12-6-9(8-18)10(14)7-11(12)15/h6-8,16H,2-5H2,1H3,(H,19,20). The fourth-order valence-electron chi connectivity index (χ4n) is 1.78. The minimum absolute atomic E-state index is 0.0358. The van der Waals surface area contributed by atoms with Crippen molar-refractivity contribution in [3.8, 4) is 0 Å². The number of carbonyl (C=O) groups is 2. The number of sulfonamides is 1. The molecule has 10 heteroatoms. The predicted molar refractivity (Wildman–Crippen MR) is 86.9 cm³/mol. The molecule has 0 spiro atoms. The highest BCUT2D eigenvalue weighted by molar-refractivity contribution is 7.89. The van der Waals surface area contributed by atoms with E-state index in [1.165, 1.54) is 13.1 Å². The molecule has 1 rings (SSSR count). The summed E-state index contributed by atoms with van der Waals surface area (Å²) in [5.41, 5.74) is 0.0358. The van der Waals surface area contributed by atoms with E-state index in [2.05, 4.69) is 5.32 Å². The summed E-state index contributed by atoms with van der Waals surface area (Å²) < 4.78 is 26.0. The van der Waals surface area contributed by atoms with E-state index in [9.17, 15) is 18.0 Å². The fourth-order valence-corrected chi connectivity index (χ4v) is 3.78. The summed E-state index contributed by atoms with van der Waals surface area (Å²) in [6.45, 7) is 0.416. The van der Waals surface area contributed by atoms with E-state index in [0.717, 1.165) is 10.4 Å². The first-order valence-electron chi connectivity index (χ1n) is 6.57. The molecule has 23 heavy (non-hydrogen) atoms. The van der Waals surface area contributed by atoms with Crippen molar-refractivity contribution >= 4 is 45.6 Å². The highest BCUT2D eigenvalue weighted by Gasteiger charge is 2.24. The van der Waals surface area contributed by atoms with Gasteiger partial charge in [0.05, 0.1) is 10.0 Å². The molecule has 0 fully saturated rings. The Bertz CT molecular complexity index is 694. The first-order chi connectivity index (χ1) is 10.7. The molecule has 2 N–H and O–H groups in total. The van der Waals surface area contributed by atoms with Gasteiger partial charge in [-0.1, -0.05) is 23.2 Å². The second-order valence-corrected chi connectivity index (χ2v) is 7.52. The average Bonchev–Trinajstić information content (AvgIpc) is 2.46. The zero-order valence-electron chi connectivity index (χ0n) is 12.3. The van der Waals surface area contributed by atoms with Crippen molar-refractivity contribution in [1.29, 1.82) is 0 Å². The van der Waals surface area contributed by atoms with Crippen LogP contribution in [0.15, 0.2) is 17.0 Å². The number of nitrogens with zero attached hydrogens (tertiary/aromatic N) is 1. The van der Waals surface area contributed by atoms with Crippen LogP contribution in [0.5, 0.6) is 0 Å². The first kappa shape index (κ1) is 19.7. The third-order valence-corrected chi connectivity index (χ3v) is 5.69. The van der Waals surface area contributed by atoms with Crippen LogP contribution in [-0.2, 0) is 10.0 Å². The van der Waals surface area contributed by atoms with E-state index in [1.807, 2.05) is 0 Å². The molecule has 7 nitrogen and oxygen atoms in total. The molecule has 1 aromatic carbocycles. The molecule has 0 radical (unpaired) electrons. The smallest absolute Gasteiger partial charge is 0.404 e. The van der Waals surface area contributed by atoms with Gasteiger partial charge in [-0.05, 0) is 25.0 Å². The van der Waals surface area contributed by atoms with Crippen molar-refractivity contribution in [2.45, 2.75) is 17.7 Å². The van der Waals surface area contributed by atoms with Crippen molar-refractivity contribution in [1.82, 2.24) is 9.62 Å². The number of carboxylic acid groups (broad SMARTS) is 1. The molecule has 0 heterocycles. The lowest BCUT2D eigenvalue weighted by Crippen LogP contribution is -2.29. The molecule has 0 atom stereocenters. The van der Waals surface area contributed by atoms with Crippen LogP contribution in [0.1, 0.15) is 23.2 Å². The SMILES string of the molecule is CN(CCCCNC(=O)O)S(=O)(=O)c1cc(C=O)c(Cl)cc1Cl. The average molecular weight is 383 g/mol. The van der Waals surface area contributed by atoms with Crippen molar-refractivity contribution in [2.24, 2.45) is 0 Å². The summed E-state index contributed by atoms with van der Waals surface area (Å²) in [7, 11) is -2.49. The lowest BCUT2D eigenvalue weighted by Gasteiger charge is -2.18. The number of unbranched alkanes of at least 4 members (excludes halogenated alkanes) is 1. The Morgan fingerprint density at radius 2 is 1.96 bits per heavy atom. The fraction of sp³-hybridized carbons (Fsp3) is 0.385. The topological polar surface area (TPSA) is 104 Å². The molecular formula is C13H16Cl2N2O5S. The lowest BCUT2D eigenvalue weighted by molar-refractivity contribution is 0.112. The summed E-state index contributed by atoms with van der Waals surface area (Å²) >= 11 is 11.7. The van der Waals surface area contributed by atoms with Gasteiger partial charge in [-0.2, -0.15) is 0 Å². The van der Waals surface area contributed by atoms with Gasteiger partial charge in [-0.3, -0.25) is 4.79 Å². The number of amides is 1. The second kappa shape index (κ2) is 8.49. The van der Waals surface area contributed by atoms with Crippen LogP contribution in [0.2, 0.25) is 10.0 Å². The Labute approximate surface area is 144 Å². The molecule has 1 aromatic rings. The summed E-state index contributed by atoms with van der Waals surface area (Å²) in [5.74, 6) is 0. The molecule has 0 saturated carbocycles. The summed E-state index contributed by atoms with van der Waals surface area (Å²) in [6.07, 6.45) is 0.275. The van der Waals surface area contributed by atoms with E-state index in [0.29, 0.717) is 19.1 Å².